The molecule has 0 radical (unpaired) electrons. The smallest absolute Gasteiger partial charge is 0.341 e. The third kappa shape index (κ3) is 3.89. The van der Waals surface area contributed by atoms with Gasteiger partial charge in [-0.2, -0.15) is 0 Å². The lowest BCUT2D eigenvalue weighted by Crippen LogP contribution is -2.37. The van der Waals surface area contributed by atoms with Gasteiger partial charge in [-0.15, -0.1) is 11.3 Å². The predicted molar refractivity (Wildman–Crippen MR) is 122 cm³/mol. The minimum Gasteiger partial charge on any atom is -0.462 e. The van der Waals surface area contributed by atoms with E-state index in [2.05, 4.69) is 10.3 Å². The third-order valence-corrected chi connectivity index (χ3v) is 5.96. The SMILES string of the molecule is CCOC(=O)c1c(-c2ccc(C)o2)csc1NC(=O)Cn1cnc2c1c(=O)n(C)c(=O)n2C. The molecule has 0 aromatic carbocycles. The fourth-order valence-electron chi connectivity index (χ4n) is 3.45. The minimum absolute atomic E-state index is 0.123. The largest absolute Gasteiger partial charge is 0.462 e. The lowest BCUT2D eigenvalue weighted by atomic mass is 10.1. The van der Waals surface area contributed by atoms with Gasteiger partial charge < -0.3 is 19.0 Å². The van der Waals surface area contributed by atoms with E-state index in [0.29, 0.717) is 22.1 Å². The topological polar surface area (TPSA) is 130 Å². The number of hydrogen-bond acceptors (Lipinski definition) is 8. The highest BCUT2D eigenvalue weighted by Gasteiger charge is 2.25. The molecule has 0 aliphatic carbocycles. The monoisotopic (exact) mass is 471 g/mol. The summed E-state index contributed by atoms with van der Waals surface area (Å²) in [7, 11) is 2.85. The van der Waals surface area contributed by atoms with Crippen molar-refractivity contribution in [1.82, 2.24) is 18.7 Å². The Balaban J connectivity index is 1.67. The molecule has 11 nitrogen and oxygen atoms in total. The number of hydrogen-bond donors (Lipinski definition) is 1. The Bertz CT molecular complexity index is 1500. The maximum absolute atomic E-state index is 12.8. The highest BCUT2D eigenvalue weighted by atomic mass is 32.1. The molecule has 1 amide bonds. The van der Waals surface area contributed by atoms with Crippen molar-refractivity contribution in [2.45, 2.75) is 20.4 Å². The molecule has 0 saturated carbocycles. The molecule has 0 aliphatic rings. The number of thiophene rings is 1. The minimum atomic E-state index is -0.588. The van der Waals surface area contributed by atoms with E-state index in [-0.39, 0.29) is 29.9 Å². The second-order valence-electron chi connectivity index (χ2n) is 7.28. The number of esters is 1. The number of carbonyl (C=O) groups is 2. The first-order valence-electron chi connectivity index (χ1n) is 9.99. The van der Waals surface area contributed by atoms with Crippen molar-refractivity contribution < 1.29 is 18.7 Å². The van der Waals surface area contributed by atoms with Crippen molar-refractivity contribution in [3.8, 4) is 11.3 Å². The van der Waals surface area contributed by atoms with E-state index in [1.165, 1.54) is 29.6 Å². The van der Waals surface area contributed by atoms with Crippen LogP contribution >= 0.6 is 11.3 Å². The normalized spacial score (nSPS) is 11.2. The second-order valence-corrected chi connectivity index (χ2v) is 8.16. The maximum atomic E-state index is 12.8. The maximum Gasteiger partial charge on any atom is 0.341 e. The Kier molecular flexibility index (Phi) is 5.77. The summed E-state index contributed by atoms with van der Waals surface area (Å²) in [5, 5.41) is 4.73. The van der Waals surface area contributed by atoms with Crippen LogP contribution in [0.1, 0.15) is 23.0 Å². The molecule has 4 heterocycles. The number of nitrogens with zero attached hydrogens (tertiary/aromatic N) is 4. The van der Waals surface area contributed by atoms with Crippen LogP contribution in [0.25, 0.3) is 22.5 Å². The summed E-state index contributed by atoms with van der Waals surface area (Å²) in [5.41, 5.74) is -0.0667. The Morgan fingerprint density at radius 1 is 1.21 bits per heavy atom. The van der Waals surface area contributed by atoms with Gasteiger partial charge in [-0.25, -0.2) is 14.6 Å². The Morgan fingerprint density at radius 3 is 2.64 bits per heavy atom. The molecule has 0 fully saturated rings. The first-order valence-corrected chi connectivity index (χ1v) is 10.9. The molecular formula is C21H21N5O6S. The van der Waals surface area contributed by atoms with Crippen molar-refractivity contribution in [2.75, 3.05) is 11.9 Å². The first kappa shape index (κ1) is 22.3. The number of ether oxygens (including phenoxy) is 1. The molecule has 0 bridgehead atoms. The van der Waals surface area contributed by atoms with E-state index < -0.39 is 23.1 Å². The van der Waals surface area contributed by atoms with Crippen LogP contribution in [-0.2, 0) is 30.2 Å². The molecule has 12 heteroatoms. The van der Waals surface area contributed by atoms with E-state index in [4.69, 9.17) is 9.15 Å². The van der Waals surface area contributed by atoms with Crippen LogP contribution in [0.5, 0.6) is 0 Å². The van der Waals surface area contributed by atoms with Crippen molar-refractivity contribution >= 4 is 39.4 Å². The van der Waals surface area contributed by atoms with Crippen LogP contribution in [0.15, 0.2) is 37.8 Å². The third-order valence-electron chi connectivity index (χ3n) is 5.06. The summed E-state index contributed by atoms with van der Waals surface area (Å²) < 4.78 is 14.4. The van der Waals surface area contributed by atoms with Crippen LogP contribution in [-0.4, -0.2) is 37.2 Å². The lowest BCUT2D eigenvalue weighted by Gasteiger charge is -2.09. The highest BCUT2D eigenvalue weighted by molar-refractivity contribution is 7.15. The van der Waals surface area contributed by atoms with Crippen molar-refractivity contribution in [1.29, 1.82) is 0 Å². The van der Waals surface area contributed by atoms with Crippen molar-refractivity contribution in [3.63, 3.8) is 0 Å². The summed E-state index contributed by atoms with van der Waals surface area (Å²) in [6.45, 7) is 3.40. The number of carbonyl (C=O) groups excluding carboxylic acids is 2. The number of rotatable bonds is 6. The van der Waals surface area contributed by atoms with Gasteiger partial charge in [0.25, 0.3) is 5.56 Å². The molecule has 4 rings (SSSR count). The van der Waals surface area contributed by atoms with Crippen LogP contribution in [0.4, 0.5) is 5.00 Å². The number of imidazole rings is 1. The number of amides is 1. The summed E-state index contributed by atoms with van der Waals surface area (Å²) >= 11 is 1.16. The highest BCUT2D eigenvalue weighted by Crippen LogP contribution is 2.37. The number of anilines is 1. The van der Waals surface area contributed by atoms with E-state index >= 15 is 0 Å². The van der Waals surface area contributed by atoms with Crippen LogP contribution in [0.3, 0.4) is 0 Å². The van der Waals surface area contributed by atoms with Gasteiger partial charge in [0.15, 0.2) is 11.2 Å². The van der Waals surface area contributed by atoms with E-state index in [1.807, 2.05) is 0 Å². The number of aromatic nitrogens is 4. The first-order chi connectivity index (χ1) is 15.7. The van der Waals surface area contributed by atoms with Gasteiger partial charge in [0, 0.05) is 25.0 Å². The van der Waals surface area contributed by atoms with Gasteiger partial charge in [-0.1, -0.05) is 0 Å². The fourth-order valence-corrected chi connectivity index (χ4v) is 4.41. The molecule has 1 N–H and O–H groups in total. The second kappa shape index (κ2) is 8.54. The molecule has 0 aliphatic heterocycles. The molecule has 33 heavy (non-hydrogen) atoms. The molecule has 172 valence electrons. The zero-order chi connectivity index (χ0) is 23.9. The standard InChI is InChI=1S/C21H21N5O6S/c1-5-31-20(29)15-12(13-7-6-11(2)32-13)9-33-18(15)23-14(27)8-26-10-22-17-16(26)19(28)25(4)21(30)24(17)3/h6-7,9-10H,5,8H2,1-4H3,(H,23,27). The molecule has 0 saturated heterocycles. The van der Waals surface area contributed by atoms with Crippen molar-refractivity contribution in [2.24, 2.45) is 14.1 Å². The molecule has 0 unspecified atom stereocenters. The van der Waals surface area contributed by atoms with Gasteiger partial charge in [0.05, 0.1) is 12.9 Å². The van der Waals surface area contributed by atoms with Gasteiger partial charge in [0.1, 0.15) is 28.6 Å². The zero-order valence-corrected chi connectivity index (χ0v) is 19.2. The number of fused-ring (bicyclic) bond motifs is 1. The van der Waals surface area contributed by atoms with Gasteiger partial charge in [-0.3, -0.25) is 18.7 Å². The van der Waals surface area contributed by atoms with E-state index in [0.717, 1.165) is 15.9 Å². The molecular weight excluding hydrogens is 450 g/mol. The Hall–Kier alpha value is -3.93. The number of aryl methyl sites for hydroxylation is 2. The average Bonchev–Trinajstić information content (AvgIpc) is 3.49. The lowest BCUT2D eigenvalue weighted by molar-refractivity contribution is -0.116. The Morgan fingerprint density at radius 2 is 1.97 bits per heavy atom. The van der Waals surface area contributed by atoms with Crippen LogP contribution in [0, 0.1) is 6.92 Å². The zero-order valence-electron chi connectivity index (χ0n) is 18.4. The number of furan rings is 1. The Labute approximate surface area is 190 Å². The molecule has 0 spiro atoms. The number of nitrogens with one attached hydrogen (secondary N) is 1. The van der Waals surface area contributed by atoms with Crippen molar-refractivity contribution in [3.05, 3.63) is 56.0 Å². The molecule has 4 aromatic rings. The van der Waals surface area contributed by atoms with Gasteiger partial charge in [-0.05, 0) is 26.0 Å². The quantitative estimate of drug-likeness (QED) is 0.425. The summed E-state index contributed by atoms with van der Waals surface area (Å²) in [6.07, 6.45) is 1.32. The van der Waals surface area contributed by atoms with E-state index in [1.54, 1.807) is 31.4 Å². The summed E-state index contributed by atoms with van der Waals surface area (Å²) in [5.74, 6) is 0.0895. The predicted octanol–water partition coefficient (Wildman–Crippen LogP) is 1.88. The summed E-state index contributed by atoms with van der Waals surface area (Å²) in [4.78, 5) is 54.3. The van der Waals surface area contributed by atoms with Crippen LogP contribution < -0.4 is 16.6 Å². The van der Waals surface area contributed by atoms with Crippen LogP contribution in [0.2, 0.25) is 0 Å². The van der Waals surface area contributed by atoms with Gasteiger partial charge >= 0.3 is 11.7 Å². The fraction of sp³-hybridized carbons (Fsp3) is 0.286. The van der Waals surface area contributed by atoms with E-state index in [9.17, 15) is 19.2 Å². The van der Waals surface area contributed by atoms with Gasteiger partial charge in [0.2, 0.25) is 5.91 Å². The molecule has 4 aromatic heterocycles. The average molecular weight is 471 g/mol. The summed E-state index contributed by atoms with van der Waals surface area (Å²) in [6, 6.07) is 3.52. The molecule has 0 atom stereocenters.